The number of amides is 1. The minimum atomic E-state index is -0.276. The van der Waals surface area contributed by atoms with E-state index in [1.54, 1.807) is 4.90 Å². The normalized spacial score (nSPS) is 16.3. The molecule has 0 saturated carbocycles. The molecular formula is C17H19NO3S2. The van der Waals surface area contributed by atoms with Crippen LogP contribution in [0.3, 0.4) is 0 Å². The van der Waals surface area contributed by atoms with E-state index in [1.807, 2.05) is 18.2 Å². The van der Waals surface area contributed by atoms with Crippen molar-refractivity contribution in [2.45, 2.75) is 26.2 Å². The summed E-state index contributed by atoms with van der Waals surface area (Å²) in [5.41, 5.74) is 2.25. The summed E-state index contributed by atoms with van der Waals surface area (Å²) in [6, 6.07) is 8.12. The van der Waals surface area contributed by atoms with Crippen molar-refractivity contribution in [2.24, 2.45) is 0 Å². The molecule has 122 valence electrons. The minimum Gasteiger partial charge on any atom is -0.469 e. The standard InChI is InChI=1S/C17H19NO3S2/c1-3-12-6-8-13(9-7-12)11-14-16(20)18(17(22)23-14)10-4-5-15(19)21-2/h6-9,11H,3-5,10H2,1-2H3. The molecule has 1 aliphatic rings. The molecule has 1 heterocycles. The van der Waals surface area contributed by atoms with Crippen molar-refractivity contribution in [2.75, 3.05) is 13.7 Å². The molecule has 0 aromatic heterocycles. The Balaban J connectivity index is 2.01. The molecule has 23 heavy (non-hydrogen) atoms. The van der Waals surface area contributed by atoms with Crippen LogP contribution in [0.1, 0.15) is 30.9 Å². The number of thioether (sulfide) groups is 1. The maximum absolute atomic E-state index is 12.4. The van der Waals surface area contributed by atoms with Gasteiger partial charge in [-0.25, -0.2) is 0 Å². The fourth-order valence-electron chi connectivity index (χ4n) is 2.18. The van der Waals surface area contributed by atoms with E-state index in [1.165, 1.54) is 24.4 Å². The molecule has 1 amide bonds. The number of hydrogen-bond acceptors (Lipinski definition) is 5. The van der Waals surface area contributed by atoms with Gasteiger partial charge in [-0.2, -0.15) is 0 Å². The summed E-state index contributed by atoms with van der Waals surface area (Å²) in [6.45, 7) is 2.54. The maximum atomic E-state index is 12.4. The molecule has 0 N–H and O–H groups in total. The van der Waals surface area contributed by atoms with Crippen molar-refractivity contribution < 1.29 is 14.3 Å². The third-order valence-electron chi connectivity index (χ3n) is 3.55. The number of methoxy groups -OCH3 is 1. The van der Waals surface area contributed by atoms with Gasteiger partial charge >= 0.3 is 5.97 Å². The number of esters is 1. The first-order valence-corrected chi connectivity index (χ1v) is 8.68. The molecule has 1 aromatic carbocycles. The number of benzene rings is 1. The molecule has 0 radical (unpaired) electrons. The zero-order valence-electron chi connectivity index (χ0n) is 13.2. The Hall–Kier alpha value is -1.66. The first-order valence-electron chi connectivity index (χ1n) is 7.46. The lowest BCUT2D eigenvalue weighted by atomic mass is 10.1. The SMILES string of the molecule is CCc1ccc(C=C2SC(=S)N(CCCC(=O)OC)C2=O)cc1. The highest BCUT2D eigenvalue weighted by Gasteiger charge is 2.31. The molecular weight excluding hydrogens is 330 g/mol. The van der Waals surface area contributed by atoms with Crippen molar-refractivity contribution in [1.29, 1.82) is 0 Å². The second-order valence-corrected chi connectivity index (χ2v) is 6.78. The third-order valence-corrected chi connectivity index (χ3v) is 4.93. The van der Waals surface area contributed by atoms with Crippen LogP contribution < -0.4 is 0 Å². The number of hydrogen-bond donors (Lipinski definition) is 0. The van der Waals surface area contributed by atoms with Gasteiger partial charge in [-0.1, -0.05) is 55.2 Å². The zero-order chi connectivity index (χ0) is 16.8. The summed E-state index contributed by atoms with van der Waals surface area (Å²) in [4.78, 5) is 25.7. The predicted octanol–water partition coefficient (Wildman–Crippen LogP) is 3.40. The monoisotopic (exact) mass is 349 g/mol. The summed E-state index contributed by atoms with van der Waals surface area (Å²) in [5, 5.41) is 0. The highest BCUT2D eigenvalue weighted by atomic mass is 32.2. The van der Waals surface area contributed by atoms with E-state index in [4.69, 9.17) is 12.2 Å². The van der Waals surface area contributed by atoms with Crippen LogP contribution in [-0.4, -0.2) is 34.8 Å². The third kappa shape index (κ3) is 4.65. The van der Waals surface area contributed by atoms with E-state index < -0.39 is 0 Å². The molecule has 1 fully saturated rings. The quantitative estimate of drug-likeness (QED) is 0.447. The van der Waals surface area contributed by atoms with Crippen LogP contribution in [0.4, 0.5) is 0 Å². The summed E-state index contributed by atoms with van der Waals surface area (Å²) < 4.78 is 5.13. The van der Waals surface area contributed by atoms with Gasteiger partial charge in [0.15, 0.2) is 0 Å². The number of ether oxygens (including phenoxy) is 1. The average Bonchev–Trinajstić information content (AvgIpc) is 2.82. The Morgan fingerprint density at radius 3 is 2.65 bits per heavy atom. The lowest BCUT2D eigenvalue weighted by Crippen LogP contribution is -2.29. The average molecular weight is 349 g/mol. The lowest BCUT2D eigenvalue weighted by molar-refractivity contribution is -0.141. The summed E-state index contributed by atoms with van der Waals surface area (Å²) in [7, 11) is 1.36. The number of thiocarbonyl (C=S) groups is 1. The summed E-state index contributed by atoms with van der Waals surface area (Å²) >= 11 is 6.57. The molecule has 1 aliphatic heterocycles. The van der Waals surface area contributed by atoms with Crippen molar-refractivity contribution >= 4 is 46.3 Å². The van der Waals surface area contributed by atoms with Gasteiger partial charge in [-0.15, -0.1) is 0 Å². The van der Waals surface area contributed by atoms with Crippen molar-refractivity contribution in [3.8, 4) is 0 Å². The van der Waals surface area contributed by atoms with Crippen LogP contribution in [0.2, 0.25) is 0 Å². The molecule has 1 saturated heterocycles. The Labute approximate surface area is 145 Å². The van der Waals surface area contributed by atoms with Crippen LogP contribution in [0.5, 0.6) is 0 Å². The highest BCUT2D eigenvalue weighted by Crippen LogP contribution is 2.32. The Morgan fingerprint density at radius 1 is 1.35 bits per heavy atom. The van der Waals surface area contributed by atoms with E-state index in [0.717, 1.165) is 12.0 Å². The van der Waals surface area contributed by atoms with E-state index in [0.29, 0.717) is 22.2 Å². The van der Waals surface area contributed by atoms with Crippen molar-refractivity contribution in [3.63, 3.8) is 0 Å². The highest BCUT2D eigenvalue weighted by molar-refractivity contribution is 8.26. The molecule has 1 aromatic rings. The molecule has 6 heteroatoms. The molecule has 0 spiro atoms. The first kappa shape index (κ1) is 17.7. The van der Waals surface area contributed by atoms with Gasteiger partial charge in [0, 0.05) is 13.0 Å². The molecule has 0 unspecified atom stereocenters. The van der Waals surface area contributed by atoms with Gasteiger partial charge < -0.3 is 4.74 Å². The first-order chi connectivity index (χ1) is 11.0. The van der Waals surface area contributed by atoms with Gasteiger partial charge in [-0.05, 0) is 30.0 Å². The van der Waals surface area contributed by atoms with E-state index in [2.05, 4.69) is 23.8 Å². The summed E-state index contributed by atoms with van der Waals surface area (Å²) in [5.74, 6) is -0.369. The van der Waals surface area contributed by atoms with Crippen molar-refractivity contribution in [1.82, 2.24) is 4.90 Å². The summed E-state index contributed by atoms with van der Waals surface area (Å²) in [6.07, 6.45) is 3.67. The van der Waals surface area contributed by atoms with Gasteiger partial charge in [0.05, 0.1) is 12.0 Å². The van der Waals surface area contributed by atoms with Crippen molar-refractivity contribution in [3.05, 3.63) is 40.3 Å². The zero-order valence-corrected chi connectivity index (χ0v) is 14.8. The van der Waals surface area contributed by atoms with Crippen LogP contribution in [0.15, 0.2) is 29.2 Å². The van der Waals surface area contributed by atoms with Crippen LogP contribution in [0.25, 0.3) is 6.08 Å². The maximum Gasteiger partial charge on any atom is 0.305 e. The number of carbonyl (C=O) groups is 2. The Bertz CT molecular complexity index is 638. The Kier molecular flexibility index (Phi) is 6.36. The Morgan fingerprint density at radius 2 is 2.04 bits per heavy atom. The van der Waals surface area contributed by atoms with Gasteiger partial charge in [0.1, 0.15) is 4.32 Å². The molecule has 4 nitrogen and oxygen atoms in total. The topological polar surface area (TPSA) is 46.6 Å². The van der Waals surface area contributed by atoms with Gasteiger partial charge in [0.2, 0.25) is 0 Å². The van der Waals surface area contributed by atoms with Crippen LogP contribution >= 0.6 is 24.0 Å². The second-order valence-electron chi connectivity index (χ2n) is 5.11. The van der Waals surface area contributed by atoms with Crippen LogP contribution in [-0.2, 0) is 20.7 Å². The van der Waals surface area contributed by atoms with E-state index in [9.17, 15) is 9.59 Å². The minimum absolute atomic E-state index is 0.0931. The largest absolute Gasteiger partial charge is 0.469 e. The smallest absolute Gasteiger partial charge is 0.305 e. The molecule has 0 aliphatic carbocycles. The van der Waals surface area contributed by atoms with E-state index in [-0.39, 0.29) is 18.3 Å². The van der Waals surface area contributed by atoms with E-state index >= 15 is 0 Å². The van der Waals surface area contributed by atoms with Gasteiger partial charge in [0.25, 0.3) is 5.91 Å². The second kappa shape index (κ2) is 8.26. The molecule has 0 atom stereocenters. The fourth-order valence-corrected chi connectivity index (χ4v) is 3.49. The van der Waals surface area contributed by atoms with Crippen LogP contribution in [0, 0.1) is 0 Å². The number of carbonyl (C=O) groups excluding carboxylic acids is 2. The number of aryl methyl sites for hydroxylation is 1. The lowest BCUT2D eigenvalue weighted by Gasteiger charge is -2.13. The number of rotatable bonds is 6. The fraction of sp³-hybridized carbons (Fsp3) is 0.353. The molecule has 2 rings (SSSR count). The molecule has 0 bridgehead atoms. The number of nitrogens with zero attached hydrogens (tertiary/aromatic N) is 1. The predicted molar refractivity (Wildman–Crippen MR) is 96.9 cm³/mol. The van der Waals surface area contributed by atoms with Gasteiger partial charge in [-0.3, -0.25) is 14.5 Å².